The lowest BCUT2D eigenvalue weighted by Crippen LogP contribution is -2.26. The van der Waals surface area contributed by atoms with E-state index < -0.39 is 11.9 Å². The van der Waals surface area contributed by atoms with Crippen molar-refractivity contribution in [3.05, 3.63) is 0 Å². The normalized spacial score (nSPS) is 9.65. The van der Waals surface area contributed by atoms with Crippen molar-refractivity contribution in [2.45, 2.75) is 13.8 Å². The van der Waals surface area contributed by atoms with Gasteiger partial charge in [-0.15, -0.1) is 0 Å². The standard InChI is InChI=1S/C6H13NO2.C4H9NO3/c1-5(2)3-7-4-6(8)9;6-2-1-5-3-4(7)8/h5,7H,3-4H2,1-2H3,(H,8,9);5-6H,1-3H2,(H,7,8). The Kier molecular flexibility index (Phi) is 13.8. The molecule has 0 aliphatic carbocycles. The third-order valence-electron chi connectivity index (χ3n) is 1.39. The number of hydrogen-bond acceptors (Lipinski definition) is 5. The van der Waals surface area contributed by atoms with Crippen LogP contribution in [0.2, 0.25) is 0 Å². The third-order valence-corrected chi connectivity index (χ3v) is 1.39. The van der Waals surface area contributed by atoms with Gasteiger partial charge in [0.1, 0.15) is 0 Å². The average Bonchev–Trinajstić information content (AvgIpc) is 2.17. The van der Waals surface area contributed by atoms with Gasteiger partial charge in [0.2, 0.25) is 0 Å². The van der Waals surface area contributed by atoms with Crippen LogP contribution in [0.1, 0.15) is 13.8 Å². The Morgan fingerprint density at radius 2 is 1.53 bits per heavy atom. The Morgan fingerprint density at radius 1 is 1.06 bits per heavy atom. The van der Waals surface area contributed by atoms with E-state index in [1.54, 1.807) is 0 Å². The Morgan fingerprint density at radius 3 is 1.88 bits per heavy atom. The molecule has 0 aliphatic rings. The summed E-state index contributed by atoms with van der Waals surface area (Å²) in [6, 6.07) is 0. The lowest BCUT2D eigenvalue weighted by molar-refractivity contribution is -0.137. The molecule has 0 aliphatic heterocycles. The van der Waals surface area contributed by atoms with E-state index in [0.717, 1.165) is 6.54 Å². The molecule has 0 aromatic heterocycles. The highest BCUT2D eigenvalue weighted by Crippen LogP contribution is 1.85. The van der Waals surface area contributed by atoms with Crippen molar-refractivity contribution in [1.82, 2.24) is 10.6 Å². The van der Waals surface area contributed by atoms with E-state index in [1.807, 2.05) is 13.8 Å². The summed E-state index contributed by atoms with van der Waals surface area (Å²) in [5.41, 5.74) is 0. The molecule has 7 heteroatoms. The van der Waals surface area contributed by atoms with Crippen molar-refractivity contribution in [3.8, 4) is 0 Å². The Hall–Kier alpha value is -1.18. The summed E-state index contributed by atoms with van der Waals surface area (Å²) in [6.07, 6.45) is 0. The number of rotatable bonds is 8. The van der Waals surface area contributed by atoms with Crippen LogP contribution in [0, 0.1) is 5.92 Å². The van der Waals surface area contributed by atoms with E-state index in [1.165, 1.54) is 0 Å². The number of carboxylic acid groups (broad SMARTS) is 2. The quantitative estimate of drug-likeness (QED) is 0.349. The molecule has 0 saturated carbocycles. The second-order valence-corrected chi connectivity index (χ2v) is 3.71. The molecule has 5 N–H and O–H groups in total. The van der Waals surface area contributed by atoms with E-state index in [2.05, 4.69) is 10.6 Å². The molecular weight excluding hydrogens is 228 g/mol. The number of nitrogens with one attached hydrogen (secondary N) is 2. The van der Waals surface area contributed by atoms with Crippen molar-refractivity contribution in [2.24, 2.45) is 5.92 Å². The molecule has 7 nitrogen and oxygen atoms in total. The Balaban J connectivity index is 0. The van der Waals surface area contributed by atoms with Gasteiger partial charge in [0.15, 0.2) is 0 Å². The predicted molar refractivity (Wildman–Crippen MR) is 62.9 cm³/mol. The fourth-order valence-electron chi connectivity index (χ4n) is 0.742. The molecular formula is C10H22N2O5. The van der Waals surface area contributed by atoms with Crippen LogP contribution in [0.15, 0.2) is 0 Å². The SMILES string of the molecule is CC(C)CNCC(=O)O.O=C(O)CNCCO. The number of hydrogen-bond donors (Lipinski definition) is 5. The minimum Gasteiger partial charge on any atom is -0.480 e. The number of aliphatic carboxylic acids is 2. The Bertz CT molecular complexity index is 209. The fraction of sp³-hybridized carbons (Fsp3) is 0.800. The molecule has 0 unspecified atom stereocenters. The first-order valence-corrected chi connectivity index (χ1v) is 5.36. The van der Waals surface area contributed by atoms with Gasteiger partial charge >= 0.3 is 11.9 Å². The van der Waals surface area contributed by atoms with Gasteiger partial charge in [-0.05, 0) is 12.5 Å². The zero-order chi connectivity index (χ0) is 13.7. The number of carbonyl (C=O) groups is 2. The van der Waals surface area contributed by atoms with Gasteiger partial charge in [-0.2, -0.15) is 0 Å². The molecule has 0 aromatic rings. The molecule has 102 valence electrons. The maximum Gasteiger partial charge on any atom is 0.317 e. The van der Waals surface area contributed by atoms with E-state index in [-0.39, 0.29) is 19.7 Å². The van der Waals surface area contributed by atoms with Gasteiger partial charge in [-0.3, -0.25) is 9.59 Å². The smallest absolute Gasteiger partial charge is 0.317 e. The molecule has 0 atom stereocenters. The molecule has 0 radical (unpaired) electrons. The molecule has 0 aromatic carbocycles. The van der Waals surface area contributed by atoms with Crippen LogP contribution in [-0.4, -0.2) is 60.0 Å². The highest BCUT2D eigenvalue weighted by atomic mass is 16.4. The van der Waals surface area contributed by atoms with E-state index >= 15 is 0 Å². The molecule has 0 spiro atoms. The number of carboxylic acids is 2. The molecule has 0 saturated heterocycles. The summed E-state index contributed by atoms with van der Waals surface area (Å²) in [7, 11) is 0. The van der Waals surface area contributed by atoms with Crippen molar-refractivity contribution >= 4 is 11.9 Å². The third kappa shape index (κ3) is 25.3. The van der Waals surface area contributed by atoms with Crippen LogP contribution in [0.4, 0.5) is 0 Å². The predicted octanol–water partition coefficient (Wildman–Crippen LogP) is -1.03. The summed E-state index contributed by atoms with van der Waals surface area (Å²) in [5, 5.41) is 29.6. The lowest BCUT2D eigenvalue weighted by atomic mass is 10.2. The monoisotopic (exact) mass is 250 g/mol. The van der Waals surface area contributed by atoms with Crippen LogP contribution in [0.3, 0.4) is 0 Å². The molecule has 0 rings (SSSR count). The lowest BCUT2D eigenvalue weighted by Gasteiger charge is -2.02. The highest BCUT2D eigenvalue weighted by molar-refractivity contribution is 5.69. The van der Waals surface area contributed by atoms with Gasteiger partial charge in [-0.1, -0.05) is 13.8 Å². The van der Waals surface area contributed by atoms with Gasteiger partial charge < -0.3 is 26.0 Å². The van der Waals surface area contributed by atoms with E-state index in [0.29, 0.717) is 12.5 Å². The molecule has 0 amide bonds. The maximum atomic E-state index is 9.92. The summed E-state index contributed by atoms with van der Waals surface area (Å²) in [4.78, 5) is 19.6. The van der Waals surface area contributed by atoms with Gasteiger partial charge in [-0.25, -0.2) is 0 Å². The highest BCUT2D eigenvalue weighted by Gasteiger charge is 1.95. The zero-order valence-electron chi connectivity index (χ0n) is 10.3. The summed E-state index contributed by atoms with van der Waals surface area (Å²) in [5.74, 6) is -1.18. The van der Waals surface area contributed by atoms with Crippen molar-refractivity contribution in [1.29, 1.82) is 0 Å². The number of aliphatic hydroxyl groups is 1. The maximum absolute atomic E-state index is 9.92. The largest absolute Gasteiger partial charge is 0.480 e. The average molecular weight is 250 g/mol. The van der Waals surface area contributed by atoms with Crippen LogP contribution in [0.25, 0.3) is 0 Å². The van der Waals surface area contributed by atoms with Crippen molar-refractivity contribution in [2.75, 3.05) is 32.8 Å². The van der Waals surface area contributed by atoms with Crippen LogP contribution in [0.5, 0.6) is 0 Å². The second-order valence-electron chi connectivity index (χ2n) is 3.71. The van der Waals surface area contributed by atoms with Crippen molar-refractivity contribution < 1.29 is 24.9 Å². The molecule has 0 bridgehead atoms. The second kappa shape index (κ2) is 12.9. The summed E-state index contributed by atoms with van der Waals surface area (Å²) < 4.78 is 0. The summed E-state index contributed by atoms with van der Waals surface area (Å²) >= 11 is 0. The van der Waals surface area contributed by atoms with E-state index in [4.69, 9.17) is 15.3 Å². The Labute approximate surface area is 101 Å². The van der Waals surface area contributed by atoms with Crippen LogP contribution in [-0.2, 0) is 9.59 Å². The van der Waals surface area contributed by atoms with E-state index in [9.17, 15) is 9.59 Å². The molecule has 0 fully saturated rings. The van der Waals surface area contributed by atoms with Crippen LogP contribution < -0.4 is 10.6 Å². The molecule has 17 heavy (non-hydrogen) atoms. The minimum atomic E-state index is -0.904. The first-order valence-electron chi connectivity index (χ1n) is 5.36. The van der Waals surface area contributed by atoms with Gasteiger partial charge in [0.05, 0.1) is 19.7 Å². The van der Waals surface area contributed by atoms with Crippen molar-refractivity contribution in [3.63, 3.8) is 0 Å². The molecule has 0 heterocycles. The van der Waals surface area contributed by atoms with Gasteiger partial charge in [0.25, 0.3) is 0 Å². The minimum absolute atomic E-state index is 0.0206. The zero-order valence-corrected chi connectivity index (χ0v) is 10.3. The first kappa shape index (κ1) is 18.2. The fourth-order valence-corrected chi connectivity index (χ4v) is 0.742. The van der Waals surface area contributed by atoms with Crippen LogP contribution >= 0.6 is 0 Å². The summed E-state index contributed by atoms with van der Waals surface area (Å²) in [6.45, 7) is 5.15. The number of aliphatic hydroxyl groups excluding tert-OH is 1. The van der Waals surface area contributed by atoms with Gasteiger partial charge in [0, 0.05) is 6.54 Å². The topological polar surface area (TPSA) is 119 Å². The first-order chi connectivity index (χ1) is 7.90.